The average molecular weight is 345 g/mol. The zero-order chi connectivity index (χ0) is 16.2. The van der Waals surface area contributed by atoms with Crippen LogP contribution in [0.15, 0.2) is 17.5 Å². The van der Waals surface area contributed by atoms with Gasteiger partial charge in [-0.15, -0.1) is 11.3 Å². The number of sulfonamides is 1. The van der Waals surface area contributed by atoms with Crippen molar-refractivity contribution in [2.24, 2.45) is 0 Å². The van der Waals surface area contributed by atoms with Crippen LogP contribution in [0, 0.1) is 0 Å². The highest BCUT2D eigenvalue weighted by molar-refractivity contribution is 7.88. The molecule has 124 valence electrons. The quantitative estimate of drug-likeness (QED) is 0.856. The number of hydrogen-bond donors (Lipinski definition) is 2. The first-order valence-corrected chi connectivity index (χ1v) is 10.2. The molecule has 1 saturated heterocycles. The average Bonchev–Trinajstić information content (AvgIpc) is 2.98. The topological polar surface area (TPSA) is 78.5 Å². The molecule has 0 spiro atoms. The molecule has 22 heavy (non-hydrogen) atoms. The smallest absolute Gasteiger partial charge is 0.315 e. The number of carbonyl (C=O) groups excluding carboxylic acids is 1. The Kier molecular flexibility index (Phi) is 5.82. The number of nitrogens with zero attached hydrogens (tertiary/aromatic N) is 1. The third-order valence-electron chi connectivity index (χ3n) is 3.86. The van der Waals surface area contributed by atoms with Crippen molar-refractivity contribution < 1.29 is 13.2 Å². The van der Waals surface area contributed by atoms with Gasteiger partial charge in [-0.25, -0.2) is 17.5 Å². The highest BCUT2D eigenvalue weighted by Crippen LogP contribution is 2.21. The minimum absolute atomic E-state index is 0.0242. The molecule has 6 nitrogen and oxygen atoms in total. The molecule has 1 atom stereocenters. The van der Waals surface area contributed by atoms with Crippen molar-refractivity contribution in [3.63, 3.8) is 0 Å². The molecule has 1 aliphatic heterocycles. The molecule has 0 bridgehead atoms. The van der Waals surface area contributed by atoms with E-state index in [0.717, 1.165) is 11.3 Å². The summed E-state index contributed by atoms with van der Waals surface area (Å²) in [5.41, 5.74) is 0. The Morgan fingerprint density at radius 2 is 2.14 bits per heavy atom. The van der Waals surface area contributed by atoms with Gasteiger partial charge >= 0.3 is 6.03 Å². The third-order valence-corrected chi connectivity index (χ3v) is 6.15. The summed E-state index contributed by atoms with van der Waals surface area (Å²) >= 11 is 1.63. The van der Waals surface area contributed by atoms with E-state index in [-0.39, 0.29) is 18.1 Å². The minimum Gasteiger partial charge on any atom is -0.335 e. The number of piperidine rings is 1. The molecule has 2 rings (SSSR count). The summed E-state index contributed by atoms with van der Waals surface area (Å²) in [5, 5.41) is 7.94. The Morgan fingerprint density at radius 1 is 1.45 bits per heavy atom. The summed E-state index contributed by atoms with van der Waals surface area (Å²) in [6.07, 6.45) is 3.35. The fourth-order valence-corrected chi connectivity index (χ4v) is 4.32. The van der Waals surface area contributed by atoms with Gasteiger partial charge < -0.3 is 10.6 Å². The van der Waals surface area contributed by atoms with E-state index >= 15 is 0 Å². The number of thiophene rings is 1. The molecule has 0 radical (unpaired) electrons. The number of nitrogens with one attached hydrogen (secondary N) is 2. The number of rotatable bonds is 5. The first-order chi connectivity index (χ1) is 10.4. The van der Waals surface area contributed by atoms with Crippen molar-refractivity contribution in [3.8, 4) is 0 Å². The van der Waals surface area contributed by atoms with Crippen molar-refractivity contribution in [2.75, 3.05) is 19.3 Å². The van der Waals surface area contributed by atoms with Crippen LogP contribution in [0.3, 0.4) is 0 Å². The molecular weight excluding hydrogens is 322 g/mol. The van der Waals surface area contributed by atoms with Crippen LogP contribution in [0.4, 0.5) is 4.79 Å². The first-order valence-electron chi connectivity index (χ1n) is 7.45. The summed E-state index contributed by atoms with van der Waals surface area (Å²) in [6.45, 7) is 2.97. The number of urea groups is 1. The Hall–Kier alpha value is -1.12. The lowest BCUT2D eigenvalue weighted by atomic mass is 10.1. The molecule has 1 aliphatic rings. The molecule has 0 saturated carbocycles. The van der Waals surface area contributed by atoms with E-state index in [2.05, 4.69) is 10.6 Å². The second kappa shape index (κ2) is 7.43. The zero-order valence-corrected chi connectivity index (χ0v) is 14.5. The lowest BCUT2D eigenvalue weighted by molar-refractivity contribution is 0.224. The SMILES string of the molecule is CC[C@@H](NC(=O)NC1CCN(S(C)(=O)=O)CC1)c1cccs1. The van der Waals surface area contributed by atoms with Gasteiger partial charge in [-0.3, -0.25) is 0 Å². The highest BCUT2D eigenvalue weighted by atomic mass is 32.2. The van der Waals surface area contributed by atoms with Crippen LogP contribution in [-0.2, 0) is 10.0 Å². The zero-order valence-electron chi connectivity index (χ0n) is 12.9. The van der Waals surface area contributed by atoms with Crippen LogP contribution in [0.5, 0.6) is 0 Å². The van der Waals surface area contributed by atoms with Crippen LogP contribution >= 0.6 is 11.3 Å². The Balaban J connectivity index is 1.81. The summed E-state index contributed by atoms with van der Waals surface area (Å²) in [5.74, 6) is 0. The van der Waals surface area contributed by atoms with Gasteiger partial charge in [0, 0.05) is 24.0 Å². The fourth-order valence-electron chi connectivity index (χ4n) is 2.58. The van der Waals surface area contributed by atoms with Gasteiger partial charge in [-0.1, -0.05) is 13.0 Å². The predicted octanol–water partition coefficient (Wildman–Crippen LogP) is 1.92. The monoisotopic (exact) mass is 345 g/mol. The summed E-state index contributed by atoms with van der Waals surface area (Å²) < 4.78 is 24.4. The molecule has 0 aromatic carbocycles. The molecule has 0 unspecified atom stereocenters. The second-order valence-electron chi connectivity index (χ2n) is 5.53. The van der Waals surface area contributed by atoms with E-state index in [1.807, 2.05) is 24.4 Å². The summed E-state index contributed by atoms with van der Waals surface area (Å²) in [6, 6.07) is 3.86. The van der Waals surface area contributed by atoms with E-state index in [0.29, 0.717) is 25.9 Å². The van der Waals surface area contributed by atoms with Gasteiger partial charge in [0.2, 0.25) is 10.0 Å². The fraction of sp³-hybridized carbons (Fsp3) is 0.643. The van der Waals surface area contributed by atoms with E-state index in [4.69, 9.17) is 0 Å². The normalized spacial score (nSPS) is 18.8. The summed E-state index contributed by atoms with van der Waals surface area (Å²) in [4.78, 5) is 13.2. The van der Waals surface area contributed by atoms with Gasteiger partial charge in [0.1, 0.15) is 0 Å². The maximum absolute atomic E-state index is 12.1. The van der Waals surface area contributed by atoms with Gasteiger partial charge in [0.25, 0.3) is 0 Å². The lowest BCUT2D eigenvalue weighted by Crippen LogP contribution is -2.49. The molecule has 2 heterocycles. The van der Waals surface area contributed by atoms with Crippen molar-refractivity contribution in [1.82, 2.24) is 14.9 Å². The minimum atomic E-state index is -3.12. The number of hydrogen-bond acceptors (Lipinski definition) is 4. The predicted molar refractivity (Wildman–Crippen MR) is 88.5 cm³/mol. The summed E-state index contributed by atoms with van der Waals surface area (Å²) in [7, 11) is -3.12. The van der Waals surface area contributed by atoms with Gasteiger partial charge in [0.15, 0.2) is 0 Å². The van der Waals surface area contributed by atoms with Gasteiger partial charge in [-0.2, -0.15) is 0 Å². The third kappa shape index (κ3) is 4.69. The standard InChI is InChI=1S/C14H23N3O3S2/c1-3-12(13-5-4-10-21-13)16-14(18)15-11-6-8-17(9-7-11)22(2,19)20/h4-5,10-12H,3,6-9H2,1-2H3,(H2,15,16,18)/t12-/m1/s1. The molecule has 1 fully saturated rings. The molecule has 8 heteroatoms. The van der Waals surface area contributed by atoms with E-state index in [9.17, 15) is 13.2 Å². The molecule has 1 aromatic heterocycles. The number of amides is 2. The van der Waals surface area contributed by atoms with Crippen molar-refractivity contribution >= 4 is 27.4 Å². The molecule has 0 aliphatic carbocycles. The maximum Gasteiger partial charge on any atom is 0.315 e. The van der Waals surface area contributed by atoms with E-state index in [1.165, 1.54) is 10.6 Å². The molecular formula is C14H23N3O3S2. The largest absolute Gasteiger partial charge is 0.335 e. The molecule has 2 N–H and O–H groups in total. The van der Waals surface area contributed by atoms with E-state index in [1.54, 1.807) is 11.3 Å². The lowest BCUT2D eigenvalue weighted by Gasteiger charge is -2.31. The van der Waals surface area contributed by atoms with Crippen LogP contribution in [-0.4, -0.2) is 44.1 Å². The van der Waals surface area contributed by atoms with Gasteiger partial charge in [0.05, 0.1) is 12.3 Å². The first kappa shape index (κ1) is 17.2. The highest BCUT2D eigenvalue weighted by Gasteiger charge is 2.26. The van der Waals surface area contributed by atoms with Crippen molar-refractivity contribution in [1.29, 1.82) is 0 Å². The molecule has 1 aromatic rings. The molecule has 2 amide bonds. The van der Waals surface area contributed by atoms with Crippen LogP contribution in [0.2, 0.25) is 0 Å². The second-order valence-corrected chi connectivity index (χ2v) is 8.49. The van der Waals surface area contributed by atoms with Crippen LogP contribution in [0.1, 0.15) is 37.1 Å². The Labute approximate surface area is 135 Å². The Bertz CT molecular complexity index is 578. The van der Waals surface area contributed by atoms with Crippen LogP contribution in [0.25, 0.3) is 0 Å². The van der Waals surface area contributed by atoms with Gasteiger partial charge in [-0.05, 0) is 30.7 Å². The van der Waals surface area contributed by atoms with E-state index < -0.39 is 10.0 Å². The maximum atomic E-state index is 12.1. The van der Waals surface area contributed by atoms with Crippen molar-refractivity contribution in [3.05, 3.63) is 22.4 Å². The van der Waals surface area contributed by atoms with Crippen LogP contribution < -0.4 is 10.6 Å². The Morgan fingerprint density at radius 3 is 2.64 bits per heavy atom. The number of carbonyl (C=O) groups is 1. The van der Waals surface area contributed by atoms with Crippen molar-refractivity contribution in [2.45, 2.75) is 38.3 Å².